The van der Waals surface area contributed by atoms with Crippen molar-refractivity contribution in [3.63, 3.8) is 0 Å². The van der Waals surface area contributed by atoms with Gasteiger partial charge in [0.05, 0.1) is 7.05 Å². The highest BCUT2D eigenvalue weighted by atomic mass is 35.5. The van der Waals surface area contributed by atoms with Gasteiger partial charge in [0.2, 0.25) is 0 Å². The van der Waals surface area contributed by atoms with Crippen LogP contribution in [0.15, 0.2) is 54.6 Å². The van der Waals surface area contributed by atoms with E-state index >= 15 is 0 Å². The molecule has 0 bridgehead atoms. The van der Waals surface area contributed by atoms with Gasteiger partial charge in [-0.25, -0.2) is 0 Å². The molecular weight excluding hydrogens is 308 g/mol. The molecule has 2 aromatic rings. The Morgan fingerprint density at radius 1 is 1.22 bits per heavy atom. The lowest BCUT2D eigenvalue weighted by molar-refractivity contribution is -0.916. The molecule has 4 heteroatoms. The summed E-state index contributed by atoms with van der Waals surface area (Å²) in [4.78, 5) is 13.9. The largest absolute Gasteiger partial charge is 0.348 e. The van der Waals surface area contributed by atoms with E-state index < -0.39 is 0 Å². The topological polar surface area (TPSA) is 33.5 Å². The van der Waals surface area contributed by atoms with Gasteiger partial charge in [0.15, 0.2) is 6.04 Å². The van der Waals surface area contributed by atoms with Crippen LogP contribution in [0.1, 0.15) is 30.0 Å². The molecule has 2 aromatic carbocycles. The molecule has 0 saturated heterocycles. The first kappa shape index (κ1) is 16.0. The molecule has 1 unspecified atom stereocenters. The van der Waals surface area contributed by atoms with Crippen molar-refractivity contribution in [1.82, 2.24) is 5.32 Å². The standard InChI is InChI=1S/C19H21ClN2O/c1-22(13-14-6-5-9-16(20)12-14)18(15-7-3-2-4-8-15)19(23)21-17-10-11-17/h2-9,12,17-18H,10-11,13H2,1H3,(H,21,23)/p+1/t18-/m1/s1. The Labute approximate surface area is 142 Å². The first-order valence-corrected chi connectivity index (χ1v) is 8.43. The van der Waals surface area contributed by atoms with Crippen LogP contribution in [0.2, 0.25) is 5.02 Å². The number of hydrogen-bond acceptors (Lipinski definition) is 1. The van der Waals surface area contributed by atoms with Crippen LogP contribution in [-0.2, 0) is 11.3 Å². The molecule has 2 N–H and O–H groups in total. The van der Waals surface area contributed by atoms with Gasteiger partial charge >= 0.3 is 0 Å². The van der Waals surface area contributed by atoms with E-state index in [1.165, 1.54) is 0 Å². The van der Waals surface area contributed by atoms with Gasteiger partial charge in [-0.05, 0) is 25.0 Å². The third-order valence-corrected chi connectivity index (χ3v) is 4.42. The SMILES string of the molecule is C[NH+](Cc1cccc(Cl)c1)[C@@H](C(=O)NC1CC1)c1ccccc1. The average molecular weight is 330 g/mol. The number of carbonyl (C=O) groups is 1. The zero-order chi connectivity index (χ0) is 16.2. The molecular formula is C19H22ClN2O+. The quantitative estimate of drug-likeness (QED) is 0.838. The summed E-state index contributed by atoms with van der Waals surface area (Å²) in [5, 5.41) is 3.88. The third kappa shape index (κ3) is 4.34. The van der Waals surface area contributed by atoms with Crippen molar-refractivity contribution in [2.75, 3.05) is 7.05 Å². The summed E-state index contributed by atoms with van der Waals surface area (Å²) < 4.78 is 0. The second-order valence-corrected chi connectivity index (χ2v) is 6.72. The Kier molecular flexibility index (Phi) is 4.99. The summed E-state index contributed by atoms with van der Waals surface area (Å²) in [5.74, 6) is 0.109. The number of quaternary nitrogens is 1. The monoisotopic (exact) mass is 329 g/mol. The van der Waals surface area contributed by atoms with E-state index in [9.17, 15) is 4.79 Å². The molecule has 2 atom stereocenters. The van der Waals surface area contributed by atoms with E-state index in [0.29, 0.717) is 6.04 Å². The summed E-state index contributed by atoms with van der Waals surface area (Å²) in [5.41, 5.74) is 2.18. The number of hydrogen-bond donors (Lipinski definition) is 2. The van der Waals surface area contributed by atoms with E-state index in [2.05, 4.69) is 18.4 Å². The number of rotatable bonds is 6. The highest BCUT2D eigenvalue weighted by Crippen LogP contribution is 2.20. The second-order valence-electron chi connectivity index (χ2n) is 6.28. The zero-order valence-corrected chi connectivity index (χ0v) is 14.0. The first-order chi connectivity index (χ1) is 11.1. The molecule has 1 saturated carbocycles. The number of benzene rings is 2. The minimum absolute atomic E-state index is 0.109. The summed E-state index contributed by atoms with van der Waals surface area (Å²) in [6, 6.07) is 18.0. The molecule has 0 heterocycles. The molecule has 0 aliphatic heterocycles. The lowest BCUT2D eigenvalue weighted by Crippen LogP contribution is -3.09. The number of carbonyl (C=O) groups excluding carboxylic acids is 1. The van der Waals surface area contributed by atoms with Crippen molar-refractivity contribution < 1.29 is 9.69 Å². The molecule has 0 spiro atoms. The van der Waals surface area contributed by atoms with E-state index in [1.54, 1.807) is 0 Å². The maximum absolute atomic E-state index is 12.7. The van der Waals surface area contributed by atoms with Gasteiger partial charge in [-0.3, -0.25) is 4.79 Å². The highest BCUT2D eigenvalue weighted by molar-refractivity contribution is 6.30. The van der Waals surface area contributed by atoms with Crippen LogP contribution in [0.25, 0.3) is 0 Å². The average Bonchev–Trinajstić information content (AvgIpc) is 3.32. The van der Waals surface area contributed by atoms with Gasteiger partial charge in [-0.1, -0.05) is 54.1 Å². The van der Waals surface area contributed by atoms with Gasteiger partial charge < -0.3 is 10.2 Å². The van der Waals surface area contributed by atoms with Crippen molar-refractivity contribution in [3.05, 3.63) is 70.7 Å². The van der Waals surface area contributed by atoms with Crippen LogP contribution < -0.4 is 10.2 Å². The van der Waals surface area contributed by atoms with Gasteiger partial charge in [-0.15, -0.1) is 0 Å². The molecule has 120 valence electrons. The molecule has 1 aliphatic rings. The number of likely N-dealkylation sites (N-methyl/N-ethyl adjacent to an activating group) is 1. The fraction of sp³-hybridized carbons (Fsp3) is 0.316. The van der Waals surface area contributed by atoms with Crippen LogP contribution in [0.5, 0.6) is 0 Å². The van der Waals surface area contributed by atoms with Crippen LogP contribution in [0.4, 0.5) is 0 Å². The molecule has 3 rings (SSSR count). The van der Waals surface area contributed by atoms with Gasteiger partial charge in [0.25, 0.3) is 5.91 Å². The Morgan fingerprint density at radius 3 is 2.61 bits per heavy atom. The predicted molar refractivity (Wildman–Crippen MR) is 92.4 cm³/mol. The van der Waals surface area contributed by atoms with Crippen molar-refractivity contribution in [1.29, 1.82) is 0 Å². The van der Waals surface area contributed by atoms with Gasteiger partial charge in [-0.2, -0.15) is 0 Å². The molecule has 3 nitrogen and oxygen atoms in total. The molecule has 1 amide bonds. The van der Waals surface area contributed by atoms with Crippen LogP contribution in [-0.4, -0.2) is 19.0 Å². The summed E-state index contributed by atoms with van der Waals surface area (Å²) in [6.07, 6.45) is 2.20. The van der Waals surface area contributed by atoms with Gasteiger partial charge in [0.1, 0.15) is 6.54 Å². The lowest BCUT2D eigenvalue weighted by atomic mass is 10.0. The maximum Gasteiger partial charge on any atom is 0.283 e. The minimum Gasteiger partial charge on any atom is -0.348 e. The van der Waals surface area contributed by atoms with E-state index in [4.69, 9.17) is 11.6 Å². The first-order valence-electron chi connectivity index (χ1n) is 8.05. The zero-order valence-electron chi connectivity index (χ0n) is 13.3. The normalized spacial score (nSPS) is 16.6. The maximum atomic E-state index is 12.7. The summed E-state index contributed by atoms with van der Waals surface area (Å²) in [7, 11) is 2.06. The van der Waals surface area contributed by atoms with Crippen molar-refractivity contribution in [2.24, 2.45) is 0 Å². The van der Waals surface area contributed by atoms with E-state index in [-0.39, 0.29) is 11.9 Å². The number of halogens is 1. The number of nitrogens with one attached hydrogen (secondary N) is 2. The van der Waals surface area contributed by atoms with Crippen LogP contribution >= 0.6 is 11.6 Å². The fourth-order valence-electron chi connectivity index (χ4n) is 2.89. The molecule has 1 fully saturated rings. The van der Waals surface area contributed by atoms with E-state index in [1.807, 2.05) is 48.5 Å². The summed E-state index contributed by atoms with van der Waals surface area (Å²) in [6.45, 7) is 0.748. The lowest BCUT2D eigenvalue weighted by Gasteiger charge is -2.25. The summed E-state index contributed by atoms with van der Waals surface area (Å²) >= 11 is 6.08. The molecule has 23 heavy (non-hydrogen) atoms. The Bertz CT molecular complexity index is 670. The minimum atomic E-state index is -0.212. The van der Waals surface area contributed by atoms with Crippen molar-refractivity contribution in [3.8, 4) is 0 Å². The molecule has 0 aromatic heterocycles. The third-order valence-electron chi connectivity index (χ3n) is 4.18. The highest BCUT2D eigenvalue weighted by Gasteiger charge is 2.33. The van der Waals surface area contributed by atoms with Gasteiger partial charge in [0, 0.05) is 22.2 Å². The molecule has 1 aliphatic carbocycles. The Morgan fingerprint density at radius 2 is 1.96 bits per heavy atom. The second kappa shape index (κ2) is 7.16. The van der Waals surface area contributed by atoms with Crippen LogP contribution in [0, 0.1) is 0 Å². The fourth-order valence-corrected chi connectivity index (χ4v) is 3.10. The van der Waals surface area contributed by atoms with Crippen molar-refractivity contribution in [2.45, 2.75) is 31.5 Å². The Balaban J connectivity index is 1.80. The van der Waals surface area contributed by atoms with Crippen molar-refractivity contribution >= 4 is 17.5 Å². The Hall–Kier alpha value is -1.84. The molecule has 0 radical (unpaired) electrons. The smallest absolute Gasteiger partial charge is 0.283 e. The van der Waals surface area contributed by atoms with Crippen LogP contribution in [0.3, 0.4) is 0 Å². The predicted octanol–water partition coefficient (Wildman–Crippen LogP) is 2.37. The van der Waals surface area contributed by atoms with E-state index in [0.717, 1.165) is 40.4 Å². The number of amides is 1.